The van der Waals surface area contributed by atoms with Crippen molar-refractivity contribution in [3.8, 4) is 24.2 Å². The van der Waals surface area contributed by atoms with Gasteiger partial charge in [0.1, 0.15) is 0 Å². The van der Waals surface area contributed by atoms with Crippen molar-refractivity contribution < 1.29 is 9.59 Å². The normalized spacial score (nSPS) is 9.21. The molecule has 4 heteroatoms. The van der Waals surface area contributed by atoms with Gasteiger partial charge in [-0.1, -0.05) is 25.7 Å². The fraction of sp³-hybridized carbons (Fsp3) is 0.600. The number of amides is 2. The summed E-state index contributed by atoms with van der Waals surface area (Å²) in [6.07, 6.45) is 6.45. The lowest BCUT2D eigenvalue weighted by Crippen LogP contribution is -2.40. The van der Waals surface area contributed by atoms with E-state index < -0.39 is 0 Å². The van der Waals surface area contributed by atoms with Crippen LogP contribution in [0.5, 0.6) is 0 Å². The van der Waals surface area contributed by atoms with Gasteiger partial charge >= 0.3 is 0 Å². The second-order valence-corrected chi connectivity index (χ2v) is 4.59. The van der Waals surface area contributed by atoms with Crippen LogP contribution in [-0.4, -0.2) is 36.3 Å². The molecule has 0 spiro atoms. The number of nitrogens with zero attached hydrogens (tertiary/aromatic N) is 1. The van der Waals surface area contributed by atoms with Gasteiger partial charge in [-0.2, -0.15) is 0 Å². The van der Waals surface area contributed by atoms with E-state index in [-0.39, 0.29) is 24.9 Å². The summed E-state index contributed by atoms with van der Waals surface area (Å²) in [5, 5.41) is 2.61. The van der Waals surface area contributed by atoms with E-state index in [9.17, 15) is 9.59 Å². The first-order valence-electron chi connectivity index (χ1n) is 6.38. The zero-order chi connectivity index (χ0) is 14.7. The first-order chi connectivity index (χ1) is 9.01. The Morgan fingerprint density at radius 3 is 2.53 bits per heavy atom. The van der Waals surface area contributed by atoms with Gasteiger partial charge in [0.05, 0.1) is 19.6 Å². The highest BCUT2D eigenvalue weighted by Gasteiger charge is 2.12. The van der Waals surface area contributed by atoms with Crippen molar-refractivity contribution in [2.45, 2.75) is 33.6 Å². The highest BCUT2D eigenvalue weighted by atomic mass is 16.2. The summed E-state index contributed by atoms with van der Waals surface area (Å²) in [4.78, 5) is 24.8. The van der Waals surface area contributed by atoms with Gasteiger partial charge in [-0.25, -0.2) is 0 Å². The van der Waals surface area contributed by atoms with Crippen LogP contribution in [-0.2, 0) is 9.59 Å². The predicted octanol–water partition coefficient (Wildman–Crippen LogP) is 1.02. The average molecular weight is 262 g/mol. The molecule has 4 nitrogen and oxygen atoms in total. The molecule has 0 saturated heterocycles. The van der Waals surface area contributed by atoms with Crippen LogP contribution < -0.4 is 5.32 Å². The van der Waals surface area contributed by atoms with E-state index in [1.807, 2.05) is 0 Å². The molecule has 2 amide bonds. The summed E-state index contributed by atoms with van der Waals surface area (Å²) >= 11 is 0. The molecule has 1 N–H and O–H groups in total. The number of hydrogen-bond donors (Lipinski definition) is 1. The van der Waals surface area contributed by atoms with E-state index in [0.29, 0.717) is 18.9 Å². The average Bonchev–Trinajstić information content (AvgIpc) is 2.38. The quantitative estimate of drug-likeness (QED) is 0.697. The summed E-state index contributed by atoms with van der Waals surface area (Å²) in [5.41, 5.74) is 0. The molecule has 19 heavy (non-hydrogen) atoms. The van der Waals surface area contributed by atoms with Gasteiger partial charge < -0.3 is 10.2 Å². The minimum atomic E-state index is -0.210. The van der Waals surface area contributed by atoms with E-state index in [0.717, 1.165) is 6.42 Å². The fourth-order valence-electron chi connectivity index (χ4n) is 1.31. The number of nitrogens with one attached hydrogen (secondary N) is 1. The number of carbonyl (C=O) groups is 2. The van der Waals surface area contributed by atoms with Crippen molar-refractivity contribution in [2.75, 3.05) is 19.6 Å². The van der Waals surface area contributed by atoms with Gasteiger partial charge in [0, 0.05) is 6.42 Å². The van der Waals surface area contributed by atoms with Gasteiger partial charge in [-0.3, -0.25) is 9.59 Å². The first-order valence-corrected chi connectivity index (χ1v) is 6.38. The molecular formula is C15H22N2O2. The third-order valence-corrected chi connectivity index (χ3v) is 2.47. The Bertz CT molecular complexity index is 397. The molecule has 0 aliphatic rings. The lowest BCUT2D eigenvalue weighted by atomic mass is 10.1. The first kappa shape index (κ1) is 17.1. The third-order valence-electron chi connectivity index (χ3n) is 2.47. The maximum absolute atomic E-state index is 11.8. The van der Waals surface area contributed by atoms with Crippen molar-refractivity contribution in [2.24, 2.45) is 5.92 Å². The van der Waals surface area contributed by atoms with Crippen molar-refractivity contribution in [1.82, 2.24) is 10.2 Å². The summed E-state index contributed by atoms with van der Waals surface area (Å²) in [5.74, 6) is 8.06. The Morgan fingerprint density at radius 2 is 2.00 bits per heavy atom. The molecule has 0 radical (unpaired) electrons. The maximum Gasteiger partial charge on any atom is 0.243 e. The van der Waals surface area contributed by atoms with Gasteiger partial charge in [0.25, 0.3) is 0 Å². The monoisotopic (exact) mass is 262 g/mol. The Kier molecular flexibility index (Phi) is 9.00. The smallest absolute Gasteiger partial charge is 0.243 e. The minimum absolute atomic E-state index is 0.0238. The van der Waals surface area contributed by atoms with E-state index in [1.54, 1.807) is 6.92 Å². The molecule has 0 aliphatic carbocycles. The largest absolute Gasteiger partial charge is 0.347 e. The van der Waals surface area contributed by atoms with Crippen molar-refractivity contribution >= 4 is 11.8 Å². The van der Waals surface area contributed by atoms with Crippen LogP contribution in [0.25, 0.3) is 0 Å². The van der Waals surface area contributed by atoms with E-state index >= 15 is 0 Å². The van der Waals surface area contributed by atoms with Crippen LogP contribution in [0, 0.1) is 30.1 Å². The van der Waals surface area contributed by atoms with Gasteiger partial charge in [0.15, 0.2) is 0 Å². The van der Waals surface area contributed by atoms with Crippen LogP contribution in [0.3, 0.4) is 0 Å². The predicted molar refractivity (Wildman–Crippen MR) is 75.9 cm³/mol. The number of rotatable bonds is 7. The molecule has 0 atom stereocenters. The Balaban J connectivity index is 4.14. The van der Waals surface area contributed by atoms with Gasteiger partial charge in [-0.15, -0.1) is 12.3 Å². The number of terminal acetylenes is 1. The van der Waals surface area contributed by atoms with Crippen molar-refractivity contribution in [3.05, 3.63) is 0 Å². The maximum atomic E-state index is 11.8. The molecule has 0 heterocycles. The minimum Gasteiger partial charge on any atom is -0.347 e. The summed E-state index contributed by atoms with van der Waals surface area (Å²) < 4.78 is 0. The standard InChI is InChI=1S/C15H22N2O2/c1-5-7-11-17(10-6-2)15(19)12-16-14(18)9-8-13(3)4/h2,13H,8-12H2,1,3-4H3,(H,16,18). The molecule has 0 rings (SSSR count). The second-order valence-electron chi connectivity index (χ2n) is 4.59. The molecule has 0 fully saturated rings. The third kappa shape index (κ3) is 8.74. The van der Waals surface area contributed by atoms with Crippen molar-refractivity contribution in [3.63, 3.8) is 0 Å². The SMILES string of the molecule is C#CCN(CC#CC)C(=O)CNC(=O)CCC(C)C. The highest BCUT2D eigenvalue weighted by molar-refractivity contribution is 5.85. The topological polar surface area (TPSA) is 49.4 Å². The zero-order valence-corrected chi connectivity index (χ0v) is 12.0. The molecule has 0 bridgehead atoms. The molecule has 0 aliphatic heterocycles. The summed E-state index contributed by atoms with van der Waals surface area (Å²) in [7, 11) is 0. The Labute approximate surface area is 115 Å². The highest BCUT2D eigenvalue weighted by Crippen LogP contribution is 2.02. The Hall–Kier alpha value is -1.94. The second kappa shape index (κ2) is 10.0. The van der Waals surface area contributed by atoms with Crippen LogP contribution in [0.15, 0.2) is 0 Å². The van der Waals surface area contributed by atoms with E-state index in [2.05, 4.69) is 36.9 Å². The lowest BCUT2D eigenvalue weighted by molar-refractivity contribution is -0.132. The number of carbonyl (C=O) groups excluding carboxylic acids is 2. The van der Waals surface area contributed by atoms with Crippen LogP contribution in [0.2, 0.25) is 0 Å². The molecule has 0 aromatic heterocycles. The lowest BCUT2D eigenvalue weighted by Gasteiger charge is -2.17. The molecule has 0 aromatic carbocycles. The summed E-state index contributed by atoms with van der Waals surface area (Å²) in [6, 6.07) is 0. The van der Waals surface area contributed by atoms with Crippen LogP contribution in [0.1, 0.15) is 33.6 Å². The van der Waals surface area contributed by atoms with Crippen molar-refractivity contribution in [1.29, 1.82) is 0 Å². The molecular weight excluding hydrogens is 240 g/mol. The van der Waals surface area contributed by atoms with Crippen LogP contribution >= 0.6 is 0 Å². The fourth-order valence-corrected chi connectivity index (χ4v) is 1.31. The zero-order valence-electron chi connectivity index (χ0n) is 12.0. The summed E-state index contributed by atoms with van der Waals surface area (Å²) in [6.45, 7) is 6.28. The van der Waals surface area contributed by atoms with E-state index in [1.165, 1.54) is 4.90 Å². The number of hydrogen-bond acceptors (Lipinski definition) is 2. The molecule has 0 unspecified atom stereocenters. The van der Waals surface area contributed by atoms with E-state index in [4.69, 9.17) is 6.42 Å². The van der Waals surface area contributed by atoms with Crippen LogP contribution in [0.4, 0.5) is 0 Å². The Morgan fingerprint density at radius 1 is 1.32 bits per heavy atom. The van der Waals surface area contributed by atoms with Gasteiger partial charge in [-0.05, 0) is 19.3 Å². The molecule has 104 valence electrons. The molecule has 0 aromatic rings. The molecule has 0 saturated carbocycles. The van der Waals surface area contributed by atoms with Gasteiger partial charge in [0.2, 0.25) is 11.8 Å².